The molecule has 1 unspecified atom stereocenters. The number of aliphatic hydroxyl groups excluding tert-OH is 1. The molecule has 0 saturated heterocycles. The van der Waals surface area contributed by atoms with Crippen LogP contribution in [0.25, 0.3) is 0 Å². The van der Waals surface area contributed by atoms with Gasteiger partial charge >= 0.3 is 0 Å². The summed E-state index contributed by atoms with van der Waals surface area (Å²) in [5, 5.41) is 12.1. The molecule has 0 aromatic rings. The Morgan fingerprint density at radius 1 is 1.05 bits per heavy atom. The molecule has 3 nitrogen and oxygen atoms in total. The van der Waals surface area contributed by atoms with Gasteiger partial charge in [0, 0.05) is 13.0 Å². The van der Waals surface area contributed by atoms with Gasteiger partial charge in [0.05, 0.1) is 18.5 Å². The lowest BCUT2D eigenvalue weighted by Crippen LogP contribution is -2.21. The van der Waals surface area contributed by atoms with Crippen LogP contribution in [0.5, 0.6) is 0 Å². The maximum absolute atomic E-state index is 8.84. The van der Waals surface area contributed by atoms with Gasteiger partial charge in [-0.1, -0.05) is 64.7 Å². The highest BCUT2D eigenvalue weighted by Crippen LogP contribution is 2.13. The van der Waals surface area contributed by atoms with Crippen molar-refractivity contribution in [1.29, 1.82) is 0 Å². The number of nitrogens with zero attached hydrogens (tertiary/aromatic N) is 1. The molecule has 3 heteroatoms. The number of rotatable bonds is 12. The van der Waals surface area contributed by atoms with Crippen LogP contribution in [-0.4, -0.2) is 30.1 Å². The number of nitrogens with one attached hydrogen (secondary N) is 1. The van der Waals surface area contributed by atoms with Crippen molar-refractivity contribution in [1.82, 2.24) is 5.32 Å². The maximum atomic E-state index is 8.84. The molecule has 0 aromatic heterocycles. The van der Waals surface area contributed by atoms with Crippen LogP contribution >= 0.6 is 0 Å². The zero-order chi connectivity index (χ0) is 13.8. The lowest BCUT2D eigenvalue weighted by molar-refractivity contribution is 0.306. The van der Waals surface area contributed by atoms with Gasteiger partial charge < -0.3 is 10.4 Å². The van der Waals surface area contributed by atoms with Gasteiger partial charge in [0.25, 0.3) is 0 Å². The van der Waals surface area contributed by atoms with Crippen molar-refractivity contribution in [2.24, 2.45) is 4.99 Å². The molecule has 0 radical (unpaired) electrons. The van der Waals surface area contributed by atoms with E-state index in [1.165, 1.54) is 64.2 Å². The van der Waals surface area contributed by atoms with E-state index < -0.39 is 0 Å². The van der Waals surface area contributed by atoms with Gasteiger partial charge in [-0.2, -0.15) is 0 Å². The van der Waals surface area contributed by atoms with Gasteiger partial charge in [0.15, 0.2) is 0 Å². The monoisotopic (exact) mass is 268 g/mol. The molecule has 0 spiro atoms. The number of hydrogen-bond donors (Lipinski definition) is 2. The Kier molecular flexibility index (Phi) is 9.78. The van der Waals surface area contributed by atoms with E-state index in [-0.39, 0.29) is 6.61 Å². The predicted molar refractivity (Wildman–Crippen MR) is 82.8 cm³/mol. The smallest absolute Gasteiger partial charge is 0.0991 e. The second-order valence-corrected chi connectivity index (χ2v) is 5.70. The van der Waals surface area contributed by atoms with E-state index in [1.807, 2.05) is 0 Å². The van der Waals surface area contributed by atoms with Gasteiger partial charge in [0.1, 0.15) is 0 Å². The Morgan fingerprint density at radius 2 is 1.68 bits per heavy atom. The molecule has 112 valence electrons. The topological polar surface area (TPSA) is 44.6 Å². The summed E-state index contributed by atoms with van der Waals surface area (Å²) in [5.74, 6) is 1.00. The fourth-order valence-corrected chi connectivity index (χ4v) is 2.66. The Bertz CT molecular complexity index is 241. The summed E-state index contributed by atoms with van der Waals surface area (Å²) in [6.45, 7) is 3.45. The summed E-state index contributed by atoms with van der Waals surface area (Å²) in [4.78, 5) is 4.59. The van der Waals surface area contributed by atoms with E-state index in [9.17, 15) is 0 Å². The first-order valence-corrected chi connectivity index (χ1v) is 8.28. The highest BCUT2D eigenvalue weighted by Gasteiger charge is 2.15. The average molecular weight is 268 g/mol. The first kappa shape index (κ1) is 16.5. The number of unbranched alkanes of at least 4 members (excludes halogenated alkanes) is 8. The zero-order valence-electron chi connectivity index (χ0n) is 12.7. The minimum absolute atomic E-state index is 0.205. The third-order valence-electron chi connectivity index (χ3n) is 3.87. The van der Waals surface area contributed by atoms with Crippen molar-refractivity contribution in [2.45, 2.75) is 83.6 Å². The fourth-order valence-electron chi connectivity index (χ4n) is 2.66. The van der Waals surface area contributed by atoms with E-state index >= 15 is 0 Å². The molecule has 0 aromatic carbocycles. The van der Waals surface area contributed by atoms with E-state index in [0.29, 0.717) is 12.5 Å². The SMILES string of the molecule is CCCCCCCCCCCC1CNC(CCO)=N1. The predicted octanol–water partition coefficient (Wildman–Crippen LogP) is 3.66. The quantitative estimate of drug-likeness (QED) is 0.531. The molecule has 1 aliphatic heterocycles. The lowest BCUT2D eigenvalue weighted by atomic mass is 10.0. The molecule has 19 heavy (non-hydrogen) atoms. The number of aliphatic imine (C=N–C) groups is 1. The van der Waals surface area contributed by atoms with Crippen LogP contribution in [-0.2, 0) is 0 Å². The van der Waals surface area contributed by atoms with Crippen molar-refractivity contribution < 1.29 is 5.11 Å². The van der Waals surface area contributed by atoms with Gasteiger partial charge in [0.2, 0.25) is 0 Å². The fraction of sp³-hybridized carbons (Fsp3) is 0.938. The third-order valence-corrected chi connectivity index (χ3v) is 3.87. The first-order valence-electron chi connectivity index (χ1n) is 8.28. The molecule has 2 N–H and O–H groups in total. The molecule has 0 saturated carbocycles. The number of hydrogen-bond acceptors (Lipinski definition) is 3. The normalized spacial score (nSPS) is 18.4. The summed E-state index contributed by atoms with van der Waals surface area (Å²) >= 11 is 0. The van der Waals surface area contributed by atoms with Crippen LogP contribution in [0.15, 0.2) is 4.99 Å². The van der Waals surface area contributed by atoms with Crippen molar-refractivity contribution in [3.8, 4) is 0 Å². The average Bonchev–Trinajstić information content (AvgIpc) is 2.85. The highest BCUT2D eigenvalue weighted by molar-refractivity contribution is 5.83. The van der Waals surface area contributed by atoms with E-state index in [4.69, 9.17) is 5.11 Å². The van der Waals surface area contributed by atoms with E-state index in [2.05, 4.69) is 17.2 Å². The second kappa shape index (κ2) is 11.3. The standard InChI is InChI=1S/C16H32N2O/c1-2-3-4-5-6-7-8-9-10-11-15-14-17-16(18-15)12-13-19/h15,19H,2-14H2,1H3,(H,17,18). The minimum Gasteiger partial charge on any atom is -0.396 e. The van der Waals surface area contributed by atoms with Gasteiger partial charge in [-0.15, -0.1) is 0 Å². The van der Waals surface area contributed by atoms with Crippen molar-refractivity contribution in [2.75, 3.05) is 13.2 Å². The highest BCUT2D eigenvalue weighted by atomic mass is 16.3. The largest absolute Gasteiger partial charge is 0.396 e. The Balaban J connectivity index is 1.86. The van der Waals surface area contributed by atoms with Gasteiger partial charge in [-0.25, -0.2) is 0 Å². The maximum Gasteiger partial charge on any atom is 0.0991 e. The van der Waals surface area contributed by atoms with Gasteiger partial charge in [-0.3, -0.25) is 4.99 Å². The van der Waals surface area contributed by atoms with E-state index in [0.717, 1.165) is 12.4 Å². The van der Waals surface area contributed by atoms with Crippen LogP contribution < -0.4 is 5.32 Å². The molecular formula is C16H32N2O. The summed E-state index contributed by atoms with van der Waals surface area (Å²) in [6, 6.07) is 0.464. The van der Waals surface area contributed by atoms with Crippen LogP contribution in [0, 0.1) is 0 Å². The molecule has 1 atom stereocenters. The zero-order valence-corrected chi connectivity index (χ0v) is 12.7. The van der Waals surface area contributed by atoms with Crippen LogP contribution in [0.1, 0.15) is 77.6 Å². The first-order chi connectivity index (χ1) is 9.36. The Labute approximate surface area is 118 Å². The van der Waals surface area contributed by atoms with Crippen molar-refractivity contribution in [3.63, 3.8) is 0 Å². The summed E-state index contributed by atoms with van der Waals surface area (Å²) in [7, 11) is 0. The van der Waals surface area contributed by atoms with Crippen molar-refractivity contribution in [3.05, 3.63) is 0 Å². The Morgan fingerprint density at radius 3 is 2.32 bits per heavy atom. The number of aliphatic hydroxyl groups is 1. The van der Waals surface area contributed by atoms with Crippen LogP contribution in [0.2, 0.25) is 0 Å². The van der Waals surface area contributed by atoms with Crippen LogP contribution in [0.3, 0.4) is 0 Å². The molecule has 1 rings (SSSR count). The Hall–Kier alpha value is -0.570. The molecule has 0 fully saturated rings. The second-order valence-electron chi connectivity index (χ2n) is 5.70. The van der Waals surface area contributed by atoms with Crippen molar-refractivity contribution >= 4 is 5.84 Å². The minimum atomic E-state index is 0.205. The molecule has 0 aliphatic carbocycles. The lowest BCUT2D eigenvalue weighted by Gasteiger charge is -2.05. The molecular weight excluding hydrogens is 236 g/mol. The number of amidine groups is 1. The summed E-state index contributed by atoms with van der Waals surface area (Å²) < 4.78 is 0. The summed E-state index contributed by atoms with van der Waals surface area (Å²) in [5.41, 5.74) is 0. The van der Waals surface area contributed by atoms with Crippen LogP contribution in [0.4, 0.5) is 0 Å². The molecule has 1 heterocycles. The summed E-state index contributed by atoms with van der Waals surface area (Å²) in [6.07, 6.45) is 14.4. The van der Waals surface area contributed by atoms with E-state index in [1.54, 1.807) is 0 Å². The third kappa shape index (κ3) is 8.25. The molecule has 1 aliphatic rings. The molecule has 0 amide bonds. The molecule has 0 bridgehead atoms. The van der Waals surface area contributed by atoms with Gasteiger partial charge in [-0.05, 0) is 6.42 Å².